The molecule has 124 valence electrons. The first-order valence-electron chi connectivity index (χ1n) is 7.21. The number of benzene rings is 1. The second kappa shape index (κ2) is 8.44. The Kier molecular flexibility index (Phi) is 6.05. The first kappa shape index (κ1) is 17.9. The van der Waals surface area contributed by atoms with E-state index >= 15 is 0 Å². The quantitative estimate of drug-likeness (QED) is 0.658. The molecule has 0 radical (unpaired) electrons. The monoisotopic (exact) mass is 351 g/mol. The van der Waals surface area contributed by atoms with Gasteiger partial charge in [-0.1, -0.05) is 12.1 Å². The molecule has 1 aromatic heterocycles. The molecule has 1 aromatic carbocycles. The van der Waals surface area contributed by atoms with Crippen molar-refractivity contribution in [3.63, 3.8) is 0 Å². The first-order chi connectivity index (χ1) is 12.0. The van der Waals surface area contributed by atoms with Crippen LogP contribution < -0.4 is 5.32 Å². The van der Waals surface area contributed by atoms with Crippen LogP contribution in [0.15, 0.2) is 41.8 Å². The SMILES string of the molecule is C[C@H](OC(=O)/C=C/c1ccc(C#N)cc1)C(=O)Nc1sccc1C#N. The summed E-state index contributed by atoms with van der Waals surface area (Å²) in [4.78, 5) is 23.8. The molecule has 1 amide bonds. The zero-order valence-electron chi connectivity index (χ0n) is 13.2. The van der Waals surface area contributed by atoms with Gasteiger partial charge in [-0.3, -0.25) is 4.79 Å². The summed E-state index contributed by atoms with van der Waals surface area (Å²) < 4.78 is 5.03. The molecule has 0 spiro atoms. The third kappa shape index (κ3) is 5.03. The Labute approximate surface area is 148 Å². The number of rotatable bonds is 5. The normalized spacial score (nSPS) is 11.3. The molecule has 0 fully saturated rings. The molecule has 0 unspecified atom stereocenters. The summed E-state index contributed by atoms with van der Waals surface area (Å²) in [6, 6.07) is 12.2. The summed E-state index contributed by atoms with van der Waals surface area (Å²) in [5, 5.41) is 22.3. The predicted molar refractivity (Wildman–Crippen MR) is 93.4 cm³/mol. The van der Waals surface area contributed by atoms with Gasteiger partial charge in [0.2, 0.25) is 0 Å². The van der Waals surface area contributed by atoms with Gasteiger partial charge in [0, 0.05) is 6.08 Å². The van der Waals surface area contributed by atoms with E-state index in [2.05, 4.69) is 5.32 Å². The van der Waals surface area contributed by atoms with Crippen molar-refractivity contribution in [3.8, 4) is 12.1 Å². The number of carbonyl (C=O) groups excluding carboxylic acids is 2. The van der Waals surface area contributed by atoms with Gasteiger partial charge in [-0.2, -0.15) is 10.5 Å². The van der Waals surface area contributed by atoms with Crippen molar-refractivity contribution in [1.82, 2.24) is 0 Å². The van der Waals surface area contributed by atoms with E-state index in [1.54, 1.807) is 35.7 Å². The number of amides is 1. The van der Waals surface area contributed by atoms with Crippen molar-refractivity contribution in [3.05, 3.63) is 58.5 Å². The number of thiophene rings is 1. The van der Waals surface area contributed by atoms with Gasteiger partial charge in [0.25, 0.3) is 5.91 Å². The zero-order valence-corrected chi connectivity index (χ0v) is 14.0. The van der Waals surface area contributed by atoms with E-state index in [1.165, 1.54) is 30.4 Å². The summed E-state index contributed by atoms with van der Waals surface area (Å²) in [5.41, 5.74) is 1.61. The molecule has 2 rings (SSSR count). The van der Waals surface area contributed by atoms with E-state index in [1.807, 2.05) is 12.1 Å². The second-order valence-corrected chi connectivity index (χ2v) is 5.83. The molecule has 1 N–H and O–H groups in total. The minimum Gasteiger partial charge on any atom is -0.449 e. The fraction of sp³-hybridized carbons (Fsp3) is 0.111. The second-order valence-electron chi connectivity index (χ2n) is 4.91. The van der Waals surface area contributed by atoms with Gasteiger partial charge in [0.15, 0.2) is 6.10 Å². The molecule has 6 nitrogen and oxygen atoms in total. The molecule has 7 heteroatoms. The molecule has 1 heterocycles. The highest BCUT2D eigenvalue weighted by Gasteiger charge is 2.18. The minimum absolute atomic E-state index is 0.359. The van der Waals surface area contributed by atoms with Gasteiger partial charge >= 0.3 is 5.97 Å². The average molecular weight is 351 g/mol. The van der Waals surface area contributed by atoms with Crippen LogP contribution in [-0.4, -0.2) is 18.0 Å². The Hall–Kier alpha value is -3.42. The third-order valence-corrected chi connectivity index (χ3v) is 3.97. The van der Waals surface area contributed by atoms with E-state index in [9.17, 15) is 9.59 Å². The number of nitrogens with zero attached hydrogens (tertiary/aromatic N) is 2. The molecular formula is C18H13N3O3S. The standard InChI is InChI=1S/C18H13N3O3S/c1-12(17(23)21-18-15(11-20)8-9-25-18)24-16(22)7-6-13-2-4-14(10-19)5-3-13/h2-9,12H,1H3,(H,21,23)/b7-6+/t12-/m0/s1. The summed E-state index contributed by atoms with van der Waals surface area (Å²) in [6.45, 7) is 1.45. The van der Waals surface area contributed by atoms with Crippen LogP contribution in [0.1, 0.15) is 23.6 Å². The number of hydrogen-bond donors (Lipinski definition) is 1. The molecule has 0 aliphatic heterocycles. The van der Waals surface area contributed by atoms with Crippen LogP contribution in [0.25, 0.3) is 6.08 Å². The molecular weight excluding hydrogens is 338 g/mol. The number of anilines is 1. The van der Waals surface area contributed by atoms with Crippen LogP contribution in [0.5, 0.6) is 0 Å². The van der Waals surface area contributed by atoms with Crippen LogP contribution in [0, 0.1) is 22.7 Å². The van der Waals surface area contributed by atoms with Gasteiger partial charge in [-0.25, -0.2) is 4.79 Å². The Balaban J connectivity index is 1.90. The van der Waals surface area contributed by atoms with Gasteiger partial charge in [0.1, 0.15) is 11.1 Å². The van der Waals surface area contributed by atoms with E-state index in [-0.39, 0.29) is 0 Å². The fourth-order valence-corrected chi connectivity index (χ4v) is 2.55. The molecule has 0 saturated carbocycles. The van der Waals surface area contributed by atoms with Crippen LogP contribution >= 0.6 is 11.3 Å². The lowest BCUT2D eigenvalue weighted by atomic mass is 10.1. The van der Waals surface area contributed by atoms with Crippen molar-refractivity contribution < 1.29 is 14.3 Å². The van der Waals surface area contributed by atoms with Crippen molar-refractivity contribution in [2.75, 3.05) is 5.32 Å². The molecule has 0 saturated heterocycles. The Morgan fingerprint density at radius 1 is 1.20 bits per heavy atom. The fourth-order valence-electron chi connectivity index (χ4n) is 1.81. The lowest BCUT2D eigenvalue weighted by molar-refractivity contribution is -0.148. The molecule has 0 aliphatic carbocycles. The molecule has 1 atom stereocenters. The van der Waals surface area contributed by atoms with E-state index in [4.69, 9.17) is 15.3 Å². The minimum atomic E-state index is -1.01. The van der Waals surface area contributed by atoms with Crippen LogP contribution in [0.3, 0.4) is 0 Å². The summed E-state index contributed by atoms with van der Waals surface area (Å²) in [7, 11) is 0. The molecule has 0 aliphatic rings. The third-order valence-electron chi connectivity index (χ3n) is 3.14. The van der Waals surface area contributed by atoms with E-state index < -0.39 is 18.0 Å². The van der Waals surface area contributed by atoms with Gasteiger partial charge in [0.05, 0.1) is 17.2 Å². The highest BCUT2D eigenvalue weighted by atomic mass is 32.1. The maximum Gasteiger partial charge on any atom is 0.331 e. The predicted octanol–water partition coefficient (Wildman–Crippen LogP) is 3.08. The number of esters is 1. The Bertz CT molecular complexity index is 886. The average Bonchev–Trinajstić information content (AvgIpc) is 3.07. The first-order valence-corrected chi connectivity index (χ1v) is 8.08. The molecule has 2 aromatic rings. The van der Waals surface area contributed by atoms with Gasteiger partial charge in [-0.15, -0.1) is 11.3 Å². The lowest BCUT2D eigenvalue weighted by Crippen LogP contribution is -2.29. The Morgan fingerprint density at radius 3 is 2.56 bits per heavy atom. The van der Waals surface area contributed by atoms with Crippen molar-refractivity contribution in [2.45, 2.75) is 13.0 Å². The Morgan fingerprint density at radius 2 is 1.92 bits per heavy atom. The van der Waals surface area contributed by atoms with Crippen molar-refractivity contribution in [1.29, 1.82) is 10.5 Å². The number of hydrogen-bond acceptors (Lipinski definition) is 6. The highest BCUT2D eigenvalue weighted by Crippen LogP contribution is 2.22. The largest absolute Gasteiger partial charge is 0.449 e. The van der Waals surface area contributed by atoms with Crippen LogP contribution in [-0.2, 0) is 14.3 Å². The molecule has 25 heavy (non-hydrogen) atoms. The van der Waals surface area contributed by atoms with Crippen LogP contribution in [0.2, 0.25) is 0 Å². The van der Waals surface area contributed by atoms with E-state index in [0.29, 0.717) is 16.1 Å². The van der Waals surface area contributed by atoms with Crippen LogP contribution in [0.4, 0.5) is 5.00 Å². The van der Waals surface area contributed by atoms with Gasteiger partial charge in [-0.05, 0) is 42.1 Å². The summed E-state index contributed by atoms with van der Waals surface area (Å²) >= 11 is 1.22. The lowest BCUT2D eigenvalue weighted by Gasteiger charge is -2.11. The topological polar surface area (TPSA) is 103 Å². The van der Waals surface area contributed by atoms with Crippen molar-refractivity contribution >= 4 is 34.3 Å². The maximum absolute atomic E-state index is 12.0. The number of ether oxygens (including phenoxy) is 1. The summed E-state index contributed by atoms with van der Waals surface area (Å²) in [5.74, 6) is -1.18. The van der Waals surface area contributed by atoms with E-state index in [0.717, 1.165) is 5.56 Å². The number of carbonyl (C=O) groups is 2. The maximum atomic E-state index is 12.0. The summed E-state index contributed by atoms with van der Waals surface area (Å²) in [6.07, 6.45) is 1.73. The zero-order chi connectivity index (χ0) is 18.2. The van der Waals surface area contributed by atoms with Gasteiger partial charge < -0.3 is 10.1 Å². The number of nitriles is 2. The number of nitrogens with one attached hydrogen (secondary N) is 1. The highest BCUT2D eigenvalue weighted by molar-refractivity contribution is 7.14. The van der Waals surface area contributed by atoms with Crippen molar-refractivity contribution in [2.24, 2.45) is 0 Å². The molecule has 0 bridgehead atoms. The smallest absolute Gasteiger partial charge is 0.331 e.